The molecule has 7 heteroatoms. The molecule has 2 aromatic heterocycles. The Bertz CT molecular complexity index is 881. The first kappa shape index (κ1) is 16.9. The van der Waals surface area contributed by atoms with Crippen LogP contribution in [0, 0.1) is 0 Å². The van der Waals surface area contributed by atoms with Crippen LogP contribution < -0.4 is 11.0 Å². The van der Waals surface area contributed by atoms with E-state index in [-0.39, 0.29) is 18.1 Å². The van der Waals surface area contributed by atoms with Gasteiger partial charge in [-0.15, -0.1) is 0 Å². The van der Waals surface area contributed by atoms with Crippen molar-refractivity contribution >= 4 is 40.0 Å². The van der Waals surface area contributed by atoms with E-state index in [2.05, 4.69) is 22.1 Å². The first-order valence-corrected chi connectivity index (χ1v) is 9.76. The van der Waals surface area contributed by atoms with Crippen molar-refractivity contribution in [1.29, 1.82) is 0 Å². The molecule has 5 nitrogen and oxygen atoms in total. The first-order chi connectivity index (χ1) is 11.7. The third-order valence-electron chi connectivity index (χ3n) is 3.77. The quantitative estimate of drug-likeness (QED) is 0.658. The van der Waals surface area contributed by atoms with Crippen molar-refractivity contribution in [3.8, 4) is 0 Å². The van der Waals surface area contributed by atoms with Crippen LogP contribution in [0.25, 0.3) is 11.0 Å². The van der Waals surface area contributed by atoms with Gasteiger partial charge in [-0.1, -0.05) is 12.1 Å². The number of thioether (sulfide) groups is 1. The lowest BCUT2D eigenvalue weighted by Gasteiger charge is -2.06. The number of benzene rings is 1. The first-order valence-electron chi connectivity index (χ1n) is 7.66. The number of fused-ring (bicyclic) bond motifs is 1. The molecular formula is C17H19N3O2S2. The van der Waals surface area contributed by atoms with Crippen LogP contribution in [0.15, 0.2) is 45.9 Å². The summed E-state index contributed by atoms with van der Waals surface area (Å²) in [5.74, 6) is 1.68. The van der Waals surface area contributed by atoms with E-state index in [0.717, 1.165) is 22.5 Å². The minimum absolute atomic E-state index is 0.0510. The van der Waals surface area contributed by atoms with Gasteiger partial charge in [-0.2, -0.15) is 23.1 Å². The van der Waals surface area contributed by atoms with Crippen LogP contribution in [0.5, 0.6) is 0 Å². The summed E-state index contributed by atoms with van der Waals surface area (Å²) in [5.41, 5.74) is 2.77. The van der Waals surface area contributed by atoms with Gasteiger partial charge in [0.15, 0.2) is 0 Å². The molecule has 126 valence electrons. The molecule has 1 aromatic carbocycles. The zero-order valence-corrected chi connectivity index (χ0v) is 15.0. The predicted octanol–water partition coefficient (Wildman–Crippen LogP) is 2.45. The number of thiophene rings is 1. The van der Waals surface area contributed by atoms with Crippen molar-refractivity contribution in [3.63, 3.8) is 0 Å². The van der Waals surface area contributed by atoms with Gasteiger partial charge >= 0.3 is 5.69 Å². The van der Waals surface area contributed by atoms with Crippen molar-refractivity contribution < 1.29 is 4.79 Å². The topological polar surface area (TPSA) is 56.0 Å². The summed E-state index contributed by atoms with van der Waals surface area (Å²) in [5, 5.41) is 7.09. The van der Waals surface area contributed by atoms with Gasteiger partial charge in [0.05, 0.1) is 11.0 Å². The molecule has 0 radical (unpaired) electrons. The molecule has 0 aliphatic carbocycles. The van der Waals surface area contributed by atoms with Crippen molar-refractivity contribution in [2.75, 3.05) is 12.3 Å². The van der Waals surface area contributed by atoms with Crippen molar-refractivity contribution in [1.82, 2.24) is 14.5 Å². The van der Waals surface area contributed by atoms with E-state index in [0.29, 0.717) is 6.54 Å². The second-order valence-corrected chi connectivity index (χ2v) is 7.34. The summed E-state index contributed by atoms with van der Waals surface area (Å²) >= 11 is 3.48. The van der Waals surface area contributed by atoms with Crippen LogP contribution in [0.1, 0.15) is 5.56 Å². The fourth-order valence-electron chi connectivity index (χ4n) is 2.54. The molecule has 1 amide bonds. The third kappa shape index (κ3) is 3.73. The average molecular weight is 361 g/mol. The van der Waals surface area contributed by atoms with Crippen LogP contribution in [0.4, 0.5) is 0 Å². The van der Waals surface area contributed by atoms with E-state index < -0.39 is 0 Å². The van der Waals surface area contributed by atoms with Crippen LogP contribution >= 0.6 is 23.1 Å². The maximum atomic E-state index is 12.3. The monoisotopic (exact) mass is 361 g/mol. The van der Waals surface area contributed by atoms with E-state index >= 15 is 0 Å². The lowest BCUT2D eigenvalue weighted by Crippen LogP contribution is -2.33. The standard InChI is InChI=1S/C17H19N3O2S2/c1-19-14-4-2-3-5-15(14)20(17(19)22)10-16(21)18-7-9-24-12-13-6-8-23-11-13/h2-6,8,11H,7,9-10,12H2,1H3,(H,18,21). The summed E-state index contributed by atoms with van der Waals surface area (Å²) in [6.07, 6.45) is 0. The predicted molar refractivity (Wildman–Crippen MR) is 101 cm³/mol. The molecule has 0 saturated carbocycles. The molecule has 0 unspecified atom stereocenters. The zero-order valence-electron chi connectivity index (χ0n) is 13.4. The van der Waals surface area contributed by atoms with Crippen molar-refractivity contribution in [3.05, 3.63) is 57.1 Å². The largest absolute Gasteiger partial charge is 0.354 e. The number of hydrogen-bond acceptors (Lipinski definition) is 4. The maximum absolute atomic E-state index is 12.3. The van der Waals surface area contributed by atoms with E-state index in [4.69, 9.17) is 0 Å². The number of rotatable bonds is 7. The average Bonchev–Trinajstić information content (AvgIpc) is 3.18. The highest BCUT2D eigenvalue weighted by molar-refractivity contribution is 7.98. The van der Waals surface area contributed by atoms with E-state index in [1.54, 1.807) is 34.7 Å². The fraction of sp³-hybridized carbons (Fsp3) is 0.294. The molecule has 0 bridgehead atoms. The SMILES string of the molecule is Cn1c(=O)n(CC(=O)NCCSCc2ccsc2)c2ccccc21. The minimum Gasteiger partial charge on any atom is -0.354 e. The van der Waals surface area contributed by atoms with E-state index in [1.807, 2.05) is 24.3 Å². The molecule has 0 aliphatic rings. The molecular weight excluding hydrogens is 342 g/mol. The molecule has 0 aliphatic heterocycles. The van der Waals surface area contributed by atoms with Crippen LogP contribution in [0.2, 0.25) is 0 Å². The fourth-order valence-corrected chi connectivity index (χ4v) is 4.12. The molecule has 0 atom stereocenters. The number of amides is 1. The minimum atomic E-state index is -0.168. The van der Waals surface area contributed by atoms with Crippen molar-refractivity contribution in [2.45, 2.75) is 12.3 Å². The Balaban J connectivity index is 1.52. The summed E-state index contributed by atoms with van der Waals surface area (Å²) < 4.78 is 3.09. The number of aromatic nitrogens is 2. The molecule has 1 N–H and O–H groups in total. The van der Waals surface area contributed by atoms with Gasteiger partial charge in [0.1, 0.15) is 6.54 Å². The number of carbonyl (C=O) groups excluding carboxylic acids is 1. The second-order valence-electron chi connectivity index (χ2n) is 5.45. The number of carbonyl (C=O) groups is 1. The summed E-state index contributed by atoms with van der Waals surface area (Å²) in [6.45, 7) is 0.655. The summed E-state index contributed by atoms with van der Waals surface area (Å²) in [7, 11) is 1.72. The molecule has 0 saturated heterocycles. The molecule has 2 heterocycles. The molecule has 3 rings (SSSR count). The lowest BCUT2D eigenvalue weighted by atomic mass is 10.3. The van der Waals surface area contributed by atoms with Crippen LogP contribution in [0.3, 0.4) is 0 Å². The normalized spacial score (nSPS) is 11.0. The summed E-state index contributed by atoms with van der Waals surface area (Å²) in [4.78, 5) is 24.4. The Labute approximate surface area is 148 Å². The number of imidazole rings is 1. The third-order valence-corrected chi connectivity index (χ3v) is 5.53. The number of para-hydroxylation sites is 2. The van der Waals surface area contributed by atoms with Gasteiger partial charge < -0.3 is 5.32 Å². The van der Waals surface area contributed by atoms with Gasteiger partial charge in [-0.25, -0.2) is 4.79 Å². The molecule has 24 heavy (non-hydrogen) atoms. The highest BCUT2D eigenvalue weighted by atomic mass is 32.2. The highest BCUT2D eigenvalue weighted by Crippen LogP contribution is 2.14. The van der Waals surface area contributed by atoms with Gasteiger partial charge in [0.25, 0.3) is 0 Å². The highest BCUT2D eigenvalue weighted by Gasteiger charge is 2.12. The second kappa shape index (κ2) is 7.72. The van der Waals surface area contributed by atoms with E-state index in [9.17, 15) is 9.59 Å². The van der Waals surface area contributed by atoms with Gasteiger partial charge in [-0.05, 0) is 34.5 Å². The molecule has 0 fully saturated rings. The number of aryl methyl sites for hydroxylation is 1. The van der Waals surface area contributed by atoms with Gasteiger partial charge in [0.2, 0.25) is 5.91 Å². The maximum Gasteiger partial charge on any atom is 0.329 e. The Morgan fingerprint density at radius 3 is 2.79 bits per heavy atom. The summed E-state index contributed by atoms with van der Waals surface area (Å²) in [6, 6.07) is 9.62. The van der Waals surface area contributed by atoms with Gasteiger partial charge in [0, 0.05) is 25.1 Å². The van der Waals surface area contributed by atoms with E-state index in [1.165, 1.54) is 10.1 Å². The Morgan fingerprint density at radius 2 is 2.04 bits per heavy atom. The van der Waals surface area contributed by atoms with Gasteiger partial charge in [-0.3, -0.25) is 13.9 Å². The number of nitrogens with zero attached hydrogens (tertiary/aromatic N) is 2. The number of hydrogen-bond donors (Lipinski definition) is 1. The zero-order chi connectivity index (χ0) is 16.9. The van der Waals surface area contributed by atoms with Crippen molar-refractivity contribution in [2.24, 2.45) is 7.05 Å². The number of nitrogens with one attached hydrogen (secondary N) is 1. The Kier molecular flexibility index (Phi) is 5.42. The smallest absolute Gasteiger partial charge is 0.329 e. The van der Waals surface area contributed by atoms with Crippen LogP contribution in [-0.4, -0.2) is 27.3 Å². The lowest BCUT2D eigenvalue weighted by molar-refractivity contribution is -0.121. The van der Waals surface area contributed by atoms with Crippen LogP contribution in [-0.2, 0) is 24.1 Å². The molecule has 3 aromatic rings. The Morgan fingerprint density at radius 1 is 1.25 bits per heavy atom. The Hall–Kier alpha value is -1.99. The molecule has 0 spiro atoms.